The molecule has 6 heteroatoms. The van der Waals surface area contributed by atoms with E-state index < -0.39 is 0 Å². The zero-order valence-corrected chi connectivity index (χ0v) is 15.0. The van der Waals surface area contributed by atoms with E-state index in [9.17, 15) is 0 Å². The third kappa shape index (κ3) is 4.34. The molecule has 136 valence electrons. The number of nitrogens with zero attached hydrogens (tertiary/aromatic N) is 2. The number of ether oxygens (including phenoxy) is 3. The number of nitrogens with one attached hydrogen (secondary N) is 1. The first kappa shape index (κ1) is 17.8. The van der Waals surface area contributed by atoms with Gasteiger partial charge in [-0.2, -0.15) is 0 Å². The predicted octanol–water partition coefficient (Wildman–Crippen LogP) is 3.52. The lowest BCUT2D eigenvalue weighted by atomic mass is 10.2. The fraction of sp³-hybridized carbons (Fsp3) is 0.250. The first-order chi connectivity index (χ1) is 12.8. The van der Waals surface area contributed by atoms with Crippen molar-refractivity contribution in [3.63, 3.8) is 0 Å². The maximum absolute atomic E-state index is 5.73. The van der Waals surface area contributed by atoms with Crippen molar-refractivity contribution in [1.29, 1.82) is 0 Å². The lowest BCUT2D eigenvalue weighted by molar-refractivity contribution is 0.144. The van der Waals surface area contributed by atoms with E-state index in [0.717, 1.165) is 17.2 Å². The zero-order valence-electron chi connectivity index (χ0n) is 15.0. The molecule has 0 saturated carbocycles. The second-order valence-corrected chi connectivity index (χ2v) is 5.61. The minimum Gasteiger partial charge on any atom is -0.493 e. The number of aromatic nitrogens is 2. The second-order valence-electron chi connectivity index (χ2n) is 5.61. The molecule has 3 rings (SSSR count). The number of methoxy groups -OCH3 is 2. The molecular formula is C20H23N3O3. The minimum atomic E-state index is 0.467. The number of hydrogen-bond acceptors (Lipinski definition) is 5. The minimum absolute atomic E-state index is 0.467. The highest BCUT2D eigenvalue weighted by Crippen LogP contribution is 2.30. The molecule has 1 aromatic heterocycles. The van der Waals surface area contributed by atoms with Crippen LogP contribution in [-0.2, 0) is 11.3 Å². The summed E-state index contributed by atoms with van der Waals surface area (Å²) in [5, 5.41) is 3.39. The molecule has 1 heterocycles. The molecule has 0 saturated heterocycles. The van der Waals surface area contributed by atoms with Crippen LogP contribution in [0.15, 0.2) is 60.9 Å². The molecule has 0 aliphatic heterocycles. The Balaban J connectivity index is 1.70. The van der Waals surface area contributed by atoms with Gasteiger partial charge in [0, 0.05) is 36.9 Å². The first-order valence-corrected chi connectivity index (χ1v) is 8.43. The largest absolute Gasteiger partial charge is 0.493 e. The third-order valence-electron chi connectivity index (χ3n) is 3.91. The van der Waals surface area contributed by atoms with Crippen molar-refractivity contribution in [2.45, 2.75) is 6.54 Å². The molecule has 0 radical (unpaired) electrons. The van der Waals surface area contributed by atoms with Crippen molar-refractivity contribution in [3.05, 3.63) is 66.7 Å². The summed E-state index contributed by atoms with van der Waals surface area (Å²) in [4.78, 5) is 4.45. The Morgan fingerprint density at radius 2 is 1.85 bits per heavy atom. The van der Waals surface area contributed by atoms with Crippen LogP contribution in [0.5, 0.6) is 11.5 Å². The third-order valence-corrected chi connectivity index (χ3v) is 3.91. The van der Waals surface area contributed by atoms with Crippen LogP contribution in [0.2, 0.25) is 0 Å². The Labute approximate surface area is 153 Å². The van der Waals surface area contributed by atoms with Crippen LogP contribution < -0.4 is 14.8 Å². The Bertz CT molecular complexity index is 818. The first-order valence-electron chi connectivity index (χ1n) is 8.43. The van der Waals surface area contributed by atoms with E-state index in [1.54, 1.807) is 20.4 Å². The summed E-state index contributed by atoms with van der Waals surface area (Å²) < 4.78 is 18.2. The molecule has 0 aliphatic carbocycles. The summed E-state index contributed by atoms with van der Waals surface area (Å²) in [7, 11) is 3.27. The molecule has 0 bridgehead atoms. The molecule has 0 amide bonds. The Kier molecular flexibility index (Phi) is 6.11. The molecule has 2 aromatic carbocycles. The van der Waals surface area contributed by atoms with Gasteiger partial charge in [-0.1, -0.05) is 18.2 Å². The van der Waals surface area contributed by atoms with Gasteiger partial charge < -0.3 is 24.1 Å². The van der Waals surface area contributed by atoms with Crippen LogP contribution >= 0.6 is 0 Å². The summed E-state index contributed by atoms with van der Waals surface area (Å²) >= 11 is 0. The van der Waals surface area contributed by atoms with E-state index in [-0.39, 0.29) is 0 Å². The van der Waals surface area contributed by atoms with Gasteiger partial charge in [0.15, 0.2) is 11.5 Å². The van der Waals surface area contributed by atoms with Crippen LogP contribution in [0.25, 0.3) is 5.69 Å². The van der Waals surface area contributed by atoms with Crippen LogP contribution in [0.1, 0.15) is 5.82 Å². The van der Waals surface area contributed by atoms with Crippen molar-refractivity contribution in [3.8, 4) is 17.2 Å². The van der Waals surface area contributed by atoms with E-state index in [0.29, 0.717) is 31.3 Å². The molecule has 0 atom stereocenters. The Morgan fingerprint density at radius 1 is 1.00 bits per heavy atom. The number of benzene rings is 2. The van der Waals surface area contributed by atoms with Gasteiger partial charge in [0.25, 0.3) is 0 Å². The number of rotatable bonds is 9. The van der Waals surface area contributed by atoms with Crippen LogP contribution in [-0.4, -0.2) is 37.0 Å². The van der Waals surface area contributed by atoms with Crippen molar-refractivity contribution in [2.24, 2.45) is 0 Å². The summed E-state index contributed by atoms with van der Waals surface area (Å²) in [5.74, 6) is 2.30. The van der Waals surface area contributed by atoms with E-state index in [1.165, 1.54) is 0 Å². The van der Waals surface area contributed by atoms with Gasteiger partial charge in [0.2, 0.25) is 0 Å². The SMILES string of the molecule is COCCOc1cc(NCc2nccn2-c2ccccc2)ccc1OC. The monoisotopic (exact) mass is 353 g/mol. The zero-order chi connectivity index (χ0) is 18.2. The number of anilines is 1. The van der Waals surface area contributed by atoms with E-state index in [2.05, 4.69) is 27.0 Å². The lowest BCUT2D eigenvalue weighted by Gasteiger charge is -2.14. The number of imidazole rings is 1. The fourth-order valence-electron chi connectivity index (χ4n) is 2.60. The molecule has 3 aromatic rings. The molecule has 1 N–H and O–H groups in total. The average molecular weight is 353 g/mol. The van der Waals surface area contributed by atoms with Gasteiger partial charge in [-0.05, 0) is 24.3 Å². The average Bonchev–Trinajstić information content (AvgIpc) is 3.16. The van der Waals surface area contributed by atoms with Crippen molar-refractivity contribution in [1.82, 2.24) is 9.55 Å². The van der Waals surface area contributed by atoms with Gasteiger partial charge in [0.1, 0.15) is 12.4 Å². The van der Waals surface area contributed by atoms with E-state index in [4.69, 9.17) is 14.2 Å². The van der Waals surface area contributed by atoms with E-state index >= 15 is 0 Å². The normalized spacial score (nSPS) is 10.5. The summed E-state index contributed by atoms with van der Waals surface area (Å²) in [6.07, 6.45) is 3.76. The highest BCUT2D eigenvalue weighted by atomic mass is 16.5. The number of para-hydroxylation sites is 1. The van der Waals surface area contributed by atoms with Crippen LogP contribution in [0, 0.1) is 0 Å². The Hall–Kier alpha value is -2.99. The van der Waals surface area contributed by atoms with Gasteiger partial charge in [-0.15, -0.1) is 0 Å². The van der Waals surface area contributed by atoms with Crippen LogP contribution in [0.3, 0.4) is 0 Å². The maximum Gasteiger partial charge on any atom is 0.163 e. The highest BCUT2D eigenvalue weighted by Gasteiger charge is 2.08. The smallest absolute Gasteiger partial charge is 0.163 e. The standard InChI is InChI=1S/C20H23N3O3/c1-24-12-13-26-19-14-16(8-9-18(19)25-2)22-15-20-21-10-11-23(20)17-6-4-3-5-7-17/h3-11,14,22H,12-13,15H2,1-2H3. The van der Waals surface area contributed by atoms with Gasteiger partial charge in [0.05, 0.1) is 20.3 Å². The van der Waals surface area contributed by atoms with Gasteiger partial charge in [-0.25, -0.2) is 4.98 Å². The maximum atomic E-state index is 5.73. The van der Waals surface area contributed by atoms with Gasteiger partial charge in [-0.3, -0.25) is 0 Å². The summed E-state index contributed by atoms with van der Waals surface area (Å²) in [5.41, 5.74) is 2.01. The van der Waals surface area contributed by atoms with Crippen LogP contribution in [0.4, 0.5) is 5.69 Å². The Morgan fingerprint density at radius 3 is 2.62 bits per heavy atom. The topological polar surface area (TPSA) is 57.5 Å². The molecule has 0 aliphatic rings. The molecule has 0 spiro atoms. The fourth-order valence-corrected chi connectivity index (χ4v) is 2.60. The molecular weight excluding hydrogens is 330 g/mol. The van der Waals surface area contributed by atoms with E-state index in [1.807, 2.05) is 42.6 Å². The molecule has 26 heavy (non-hydrogen) atoms. The predicted molar refractivity (Wildman–Crippen MR) is 101 cm³/mol. The molecule has 6 nitrogen and oxygen atoms in total. The lowest BCUT2D eigenvalue weighted by Crippen LogP contribution is -2.08. The van der Waals surface area contributed by atoms with Crippen molar-refractivity contribution in [2.75, 3.05) is 32.8 Å². The summed E-state index contributed by atoms with van der Waals surface area (Å²) in [6.45, 7) is 1.58. The quantitative estimate of drug-likeness (QED) is 0.597. The molecule has 0 unspecified atom stereocenters. The number of hydrogen-bond donors (Lipinski definition) is 1. The highest BCUT2D eigenvalue weighted by molar-refractivity contribution is 5.54. The molecule has 0 fully saturated rings. The summed E-state index contributed by atoms with van der Waals surface area (Å²) in [6, 6.07) is 15.9. The van der Waals surface area contributed by atoms with Crippen molar-refractivity contribution >= 4 is 5.69 Å². The van der Waals surface area contributed by atoms with Crippen molar-refractivity contribution < 1.29 is 14.2 Å². The second kappa shape index (κ2) is 8.92. The van der Waals surface area contributed by atoms with Gasteiger partial charge >= 0.3 is 0 Å².